The standard InChI is InChI=1S/C16H14ClN3O/c1-8(21)11-5-18-6-12-15-10-3-2-9(17)4-13(10)19-7-14(15)20-16(11)12/h2-4,7,11,18,20H,5-6H2,1H3. The van der Waals surface area contributed by atoms with Gasteiger partial charge in [0.1, 0.15) is 5.78 Å². The zero-order valence-electron chi connectivity index (χ0n) is 11.5. The molecule has 4 nitrogen and oxygen atoms in total. The van der Waals surface area contributed by atoms with E-state index in [-0.39, 0.29) is 11.7 Å². The minimum absolute atomic E-state index is 0.108. The second-order valence-corrected chi connectivity index (χ2v) is 5.96. The third-order valence-corrected chi connectivity index (χ3v) is 4.45. The molecule has 0 saturated carbocycles. The SMILES string of the molecule is CC(=O)C1CNCc2c1[nH]c1cnc3cc(Cl)ccc3c21. The highest BCUT2D eigenvalue weighted by Crippen LogP contribution is 2.35. The van der Waals surface area contributed by atoms with E-state index in [2.05, 4.69) is 15.3 Å². The topological polar surface area (TPSA) is 57.8 Å². The van der Waals surface area contributed by atoms with Gasteiger partial charge >= 0.3 is 0 Å². The number of ketones is 1. The Morgan fingerprint density at radius 2 is 2.29 bits per heavy atom. The Balaban J connectivity index is 2.08. The molecule has 0 fully saturated rings. The summed E-state index contributed by atoms with van der Waals surface area (Å²) >= 11 is 6.05. The van der Waals surface area contributed by atoms with E-state index >= 15 is 0 Å². The van der Waals surface area contributed by atoms with Crippen LogP contribution in [0.15, 0.2) is 24.4 Å². The van der Waals surface area contributed by atoms with Crippen molar-refractivity contribution in [2.24, 2.45) is 0 Å². The van der Waals surface area contributed by atoms with Crippen LogP contribution in [-0.4, -0.2) is 22.3 Å². The lowest BCUT2D eigenvalue weighted by Crippen LogP contribution is -2.31. The van der Waals surface area contributed by atoms with Crippen LogP contribution < -0.4 is 5.32 Å². The number of fused-ring (bicyclic) bond motifs is 5. The van der Waals surface area contributed by atoms with Gasteiger partial charge in [-0.15, -0.1) is 0 Å². The molecule has 1 aliphatic rings. The number of rotatable bonds is 1. The summed E-state index contributed by atoms with van der Waals surface area (Å²) in [5.41, 5.74) is 4.05. The molecule has 3 aromatic rings. The van der Waals surface area contributed by atoms with Gasteiger partial charge in [-0.05, 0) is 24.6 Å². The highest BCUT2D eigenvalue weighted by atomic mass is 35.5. The number of nitrogens with one attached hydrogen (secondary N) is 2. The molecule has 4 rings (SSSR count). The van der Waals surface area contributed by atoms with Crippen molar-refractivity contribution >= 4 is 39.2 Å². The van der Waals surface area contributed by atoms with E-state index in [0.717, 1.165) is 34.0 Å². The van der Waals surface area contributed by atoms with Crippen LogP contribution in [0.3, 0.4) is 0 Å². The van der Waals surface area contributed by atoms with Gasteiger partial charge in [0.2, 0.25) is 0 Å². The molecule has 0 amide bonds. The van der Waals surface area contributed by atoms with E-state index in [1.54, 1.807) is 6.92 Å². The molecule has 0 aliphatic carbocycles. The van der Waals surface area contributed by atoms with Gasteiger partial charge < -0.3 is 10.3 Å². The van der Waals surface area contributed by atoms with Crippen LogP contribution in [0.4, 0.5) is 0 Å². The number of nitrogens with zero attached hydrogens (tertiary/aromatic N) is 1. The molecule has 1 aliphatic heterocycles. The molecule has 0 radical (unpaired) electrons. The Bertz CT molecular complexity index is 884. The van der Waals surface area contributed by atoms with Crippen LogP contribution >= 0.6 is 11.6 Å². The van der Waals surface area contributed by atoms with Gasteiger partial charge in [-0.3, -0.25) is 9.78 Å². The number of carbonyl (C=O) groups excluding carboxylic acids is 1. The number of hydrogen-bond acceptors (Lipinski definition) is 3. The molecule has 5 heteroatoms. The summed E-state index contributed by atoms with van der Waals surface area (Å²) in [5.74, 6) is 0.0683. The summed E-state index contributed by atoms with van der Waals surface area (Å²) in [6.45, 7) is 3.09. The van der Waals surface area contributed by atoms with E-state index in [1.165, 1.54) is 5.56 Å². The van der Waals surface area contributed by atoms with Crippen LogP contribution in [0.2, 0.25) is 5.02 Å². The van der Waals surface area contributed by atoms with Crippen molar-refractivity contribution in [3.05, 3.63) is 40.7 Å². The number of aromatic amines is 1. The zero-order chi connectivity index (χ0) is 14.6. The van der Waals surface area contributed by atoms with Gasteiger partial charge in [0, 0.05) is 34.6 Å². The van der Waals surface area contributed by atoms with Crippen molar-refractivity contribution < 1.29 is 4.79 Å². The highest BCUT2D eigenvalue weighted by Gasteiger charge is 2.27. The first-order valence-corrected chi connectivity index (χ1v) is 7.33. The number of benzene rings is 1. The lowest BCUT2D eigenvalue weighted by atomic mass is 9.93. The molecule has 21 heavy (non-hydrogen) atoms. The average Bonchev–Trinajstić information content (AvgIpc) is 2.85. The normalized spacial score (nSPS) is 18.1. The van der Waals surface area contributed by atoms with Gasteiger partial charge in [-0.2, -0.15) is 0 Å². The predicted octanol–water partition coefficient (Wildman–Crippen LogP) is 3.15. The molecule has 3 heterocycles. The summed E-state index contributed by atoms with van der Waals surface area (Å²) in [6, 6.07) is 5.75. The predicted molar refractivity (Wildman–Crippen MR) is 83.7 cm³/mol. The molecule has 0 spiro atoms. The summed E-state index contributed by atoms with van der Waals surface area (Å²) in [6.07, 6.45) is 1.82. The van der Waals surface area contributed by atoms with Gasteiger partial charge in [-0.1, -0.05) is 17.7 Å². The average molecular weight is 300 g/mol. The van der Waals surface area contributed by atoms with Crippen LogP contribution in [0.5, 0.6) is 0 Å². The maximum absolute atomic E-state index is 11.9. The molecule has 0 saturated heterocycles. The lowest BCUT2D eigenvalue weighted by molar-refractivity contribution is -0.118. The van der Waals surface area contributed by atoms with E-state index in [9.17, 15) is 4.79 Å². The van der Waals surface area contributed by atoms with E-state index in [0.29, 0.717) is 11.6 Å². The monoisotopic (exact) mass is 299 g/mol. The maximum atomic E-state index is 11.9. The van der Waals surface area contributed by atoms with Crippen molar-refractivity contribution in [1.29, 1.82) is 0 Å². The Morgan fingerprint density at radius 1 is 1.43 bits per heavy atom. The number of pyridine rings is 1. The van der Waals surface area contributed by atoms with Gasteiger partial charge in [-0.25, -0.2) is 0 Å². The van der Waals surface area contributed by atoms with Crippen molar-refractivity contribution in [2.45, 2.75) is 19.4 Å². The van der Waals surface area contributed by atoms with E-state index in [1.807, 2.05) is 24.4 Å². The van der Waals surface area contributed by atoms with Gasteiger partial charge in [0.25, 0.3) is 0 Å². The molecule has 1 atom stereocenters. The summed E-state index contributed by atoms with van der Waals surface area (Å²) in [5, 5.41) is 6.23. The van der Waals surface area contributed by atoms with Crippen LogP contribution in [0.25, 0.3) is 21.8 Å². The number of H-pyrrole nitrogens is 1. The number of carbonyl (C=O) groups is 1. The maximum Gasteiger partial charge on any atom is 0.140 e. The van der Waals surface area contributed by atoms with Crippen molar-refractivity contribution in [2.75, 3.05) is 6.54 Å². The largest absolute Gasteiger partial charge is 0.356 e. The zero-order valence-corrected chi connectivity index (χ0v) is 12.3. The summed E-state index contributed by atoms with van der Waals surface area (Å²) in [7, 11) is 0. The fourth-order valence-electron chi connectivity index (χ4n) is 3.21. The minimum Gasteiger partial charge on any atom is -0.356 e. The number of Topliss-reactive ketones (excluding diaryl/α,β-unsaturated/α-hetero) is 1. The first-order chi connectivity index (χ1) is 10.1. The number of halogens is 1. The highest BCUT2D eigenvalue weighted by molar-refractivity contribution is 6.31. The Kier molecular flexibility index (Phi) is 2.77. The third kappa shape index (κ3) is 1.87. The second kappa shape index (κ2) is 4.55. The van der Waals surface area contributed by atoms with Crippen LogP contribution in [0, 0.1) is 0 Å². The fraction of sp³-hybridized carbons (Fsp3) is 0.250. The molecule has 0 bridgehead atoms. The van der Waals surface area contributed by atoms with Crippen molar-refractivity contribution in [3.63, 3.8) is 0 Å². The Labute approximate surface area is 126 Å². The first-order valence-electron chi connectivity index (χ1n) is 6.95. The molecule has 1 aromatic carbocycles. The number of hydrogen-bond donors (Lipinski definition) is 2. The summed E-state index contributed by atoms with van der Waals surface area (Å²) < 4.78 is 0. The molecular formula is C16H14ClN3O. The minimum atomic E-state index is -0.108. The van der Waals surface area contributed by atoms with Crippen molar-refractivity contribution in [3.8, 4) is 0 Å². The van der Waals surface area contributed by atoms with Crippen LogP contribution in [-0.2, 0) is 11.3 Å². The number of aromatic nitrogens is 2. The molecular weight excluding hydrogens is 286 g/mol. The van der Waals surface area contributed by atoms with Crippen LogP contribution in [0.1, 0.15) is 24.1 Å². The Morgan fingerprint density at radius 3 is 3.10 bits per heavy atom. The second-order valence-electron chi connectivity index (χ2n) is 5.52. The molecule has 2 N–H and O–H groups in total. The molecule has 1 unspecified atom stereocenters. The smallest absolute Gasteiger partial charge is 0.140 e. The lowest BCUT2D eigenvalue weighted by Gasteiger charge is -2.21. The van der Waals surface area contributed by atoms with Gasteiger partial charge in [0.05, 0.1) is 23.1 Å². The summed E-state index contributed by atoms with van der Waals surface area (Å²) in [4.78, 5) is 19.7. The molecule has 2 aromatic heterocycles. The third-order valence-electron chi connectivity index (χ3n) is 4.22. The van der Waals surface area contributed by atoms with Crippen molar-refractivity contribution in [1.82, 2.24) is 15.3 Å². The first kappa shape index (κ1) is 12.8. The quantitative estimate of drug-likeness (QED) is 0.726. The molecule has 106 valence electrons. The van der Waals surface area contributed by atoms with E-state index < -0.39 is 0 Å². The fourth-order valence-corrected chi connectivity index (χ4v) is 3.38. The van der Waals surface area contributed by atoms with E-state index in [4.69, 9.17) is 11.6 Å². The Hall–Kier alpha value is -1.91. The van der Waals surface area contributed by atoms with Gasteiger partial charge in [0.15, 0.2) is 0 Å².